The number of ether oxygens (including phenoxy) is 1. The number of halogens is 1. The summed E-state index contributed by atoms with van der Waals surface area (Å²) in [6, 6.07) is 15.4. The van der Waals surface area contributed by atoms with E-state index in [0.717, 1.165) is 52.9 Å². The molecular weight excluding hydrogens is 434 g/mol. The van der Waals surface area contributed by atoms with Crippen molar-refractivity contribution in [1.82, 2.24) is 5.32 Å². The maximum atomic E-state index is 13.4. The highest BCUT2D eigenvalue weighted by Crippen LogP contribution is 2.48. The predicted octanol–water partition coefficient (Wildman–Crippen LogP) is 6.26. The molecule has 4 nitrogen and oxygen atoms in total. The van der Waals surface area contributed by atoms with Gasteiger partial charge in [0.2, 0.25) is 0 Å². The average Bonchev–Trinajstić information content (AvgIpc) is 2.76. The molecule has 0 radical (unpaired) electrons. The van der Waals surface area contributed by atoms with E-state index in [1.165, 1.54) is 0 Å². The predicted molar refractivity (Wildman–Crippen MR) is 129 cm³/mol. The van der Waals surface area contributed by atoms with Gasteiger partial charge in [-0.2, -0.15) is 0 Å². The number of hydrogen-bond acceptors (Lipinski definition) is 4. The lowest BCUT2D eigenvalue weighted by Gasteiger charge is -2.41. The van der Waals surface area contributed by atoms with Crippen LogP contribution < -0.4 is 10.1 Å². The molecule has 0 bridgehead atoms. The number of nitrogens with one attached hydrogen (secondary N) is 1. The number of ketones is 2. The lowest BCUT2D eigenvalue weighted by molar-refractivity contribution is -0.118. The van der Waals surface area contributed by atoms with Gasteiger partial charge in [-0.25, -0.2) is 0 Å². The average molecular weight is 462 g/mol. The van der Waals surface area contributed by atoms with E-state index in [-0.39, 0.29) is 22.9 Å². The highest BCUT2D eigenvalue weighted by atomic mass is 35.5. The molecule has 3 aliphatic rings. The summed E-state index contributed by atoms with van der Waals surface area (Å²) in [5.74, 6) is 0.654. The van der Waals surface area contributed by atoms with Crippen molar-refractivity contribution in [2.24, 2.45) is 5.41 Å². The van der Waals surface area contributed by atoms with Gasteiger partial charge in [0.15, 0.2) is 11.6 Å². The molecular formula is C28H28ClNO3. The molecule has 33 heavy (non-hydrogen) atoms. The lowest BCUT2D eigenvalue weighted by atomic mass is 9.67. The molecule has 0 saturated carbocycles. The normalized spacial score (nSPS) is 22.0. The number of Topliss-reactive ketones (excluding diaryl/α,β-unsaturated/α-hetero) is 2. The molecule has 2 aliphatic carbocycles. The first-order valence-electron chi connectivity index (χ1n) is 11.6. The number of dihydropyridines is 1. The largest absolute Gasteiger partial charge is 0.489 e. The van der Waals surface area contributed by atoms with Gasteiger partial charge in [0.25, 0.3) is 0 Å². The van der Waals surface area contributed by atoms with E-state index in [1.54, 1.807) is 0 Å². The highest BCUT2D eigenvalue weighted by Gasteiger charge is 2.43. The van der Waals surface area contributed by atoms with Crippen molar-refractivity contribution in [2.45, 2.75) is 58.5 Å². The molecule has 0 amide bonds. The third-order valence-electron chi connectivity index (χ3n) is 6.74. The Hall–Kier alpha value is -2.85. The lowest BCUT2D eigenvalue weighted by Crippen LogP contribution is -2.39. The van der Waals surface area contributed by atoms with Crippen LogP contribution in [0.2, 0.25) is 5.02 Å². The minimum atomic E-state index is -0.331. The number of allylic oxidation sites excluding steroid dienone is 4. The second-order valence-electron chi connectivity index (χ2n) is 10.1. The summed E-state index contributed by atoms with van der Waals surface area (Å²) < 4.78 is 6.06. The molecule has 0 fully saturated rings. The summed E-state index contributed by atoms with van der Waals surface area (Å²) in [5, 5.41) is 4.19. The van der Waals surface area contributed by atoms with Crippen molar-refractivity contribution < 1.29 is 14.3 Å². The Labute approximate surface area is 199 Å². The standard InChI is InChI=1S/C28H28ClNO3/c1-28(2)14-22-27(24(32)15-28)25(26-21(30-22)10-5-11-23(26)31)18-7-4-9-20(13-18)33-16-17-6-3-8-19(29)12-17/h3-4,6-9,12-13,25,30H,5,10-11,14-16H2,1-2H3. The van der Waals surface area contributed by atoms with Crippen molar-refractivity contribution >= 4 is 23.2 Å². The number of rotatable bonds is 4. The summed E-state index contributed by atoms with van der Waals surface area (Å²) in [6.45, 7) is 4.65. The highest BCUT2D eigenvalue weighted by molar-refractivity contribution is 6.30. The molecule has 1 atom stereocenters. The SMILES string of the molecule is CC1(C)CC(=O)C2=C(C1)NC1=C(C(=O)CCC1)C2c1cccc(OCc2cccc(Cl)c2)c1. The van der Waals surface area contributed by atoms with E-state index in [1.807, 2.05) is 48.5 Å². The molecule has 5 heteroatoms. The molecule has 1 unspecified atom stereocenters. The molecule has 2 aromatic carbocycles. The van der Waals surface area contributed by atoms with Gasteiger partial charge in [-0.05, 0) is 60.1 Å². The Morgan fingerprint density at radius 2 is 1.76 bits per heavy atom. The van der Waals surface area contributed by atoms with E-state index in [0.29, 0.717) is 30.2 Å². The topological polar surface area (TPSA) is 55.4 Å². The van der Waals surface area contributed by atoms with Gasteiger partial charge in [-0.3, -0.25) is 9.59 Å². The van der Waals surface area contributed by atoms with Gasteiger partial charge in [0.05, 0.1) is 0 Å². The maximum Gasteiger partial charge on any atom is 0.162 e. The van der Waals surface area contributed by atoms with Crippen LogP contribution in [0.25, 0.3) is 0 Å². The first-order valence-corrected chi connectivity index (χ1v) is 12.0. The van der Waals surface area contributed by atoms with E-state index >= 15 is 0 Å². The first-order chi connectivity index (χ1) is 15.8. The third kappa shape index (κ3) is 4.37. The van der Waals surface area contributed by atoms with Crippen molar-refractivity contribution in [2.75, 3.05) is 0 Å². The summed E-state index contributed by atoms with van der Waals surface area (Å²) in [5.41, 5.74) is 5.33. The van der Waals surface area contributed by atoms with E-state index in [4.69, 9.17) is 16.3 Å². The molecule has 1 aliphatic heterocycles. The second-order valence-corrected chi connectivity index (χ2v) is 10.5. The molecule has 2 aromatic rings. The van der Waals surface area contributed by atoms with Crippen LogP contribution >= 0.6 is 11.6 Å². The van der Waals surface area contributed by atoms with Crippen LogP contribution in [-0.2, 0) is 16.2 Å². The minimum Gasteiger partial charge on any atom is -0.489 e. The fraction of sp³-hybridized carbons (Fsp3) is 0.357. The monoisotopic (exact) mass is 461 g/mol. The number of benzene rings is 2. The fourth-order valence-corrected chi connectivity index (χ4v) is 5.56. The fourth-order valence-electron chi connectivity index (χ4n) is 5.35. The second kappa shape index (κ2) is 8.49. The molecule has 5 rings (SSSR count). The molecule has 0 aromatic heterocycles. The van der Waals surface area contributed by atoms with Crippen LogP contribution in [0.15, 0.2) is 71.1 Å². The van der Waals surface area contributed by atoms with Crippen LogP contribution in [0, 0.1) is 5.41 Å². The van der Waals surface area contributed by atoms with Crippen LogP contribution in [-0.4, -0.2) is 11.6 Å². The van der Waals surface area contributed by atoms with E-state index in [9.17, 15) is 9.59 Å². The summed E-state index contributed by atoms with van der Waals surface area (Å²) >= 11 is 6.10. The molecule has 0 spiro atoms. The third-order valence-corrected chi connectivity index (χ3v) is 6.98. The van der Waals surface area contributed by atoms with Crippen molar-refractivity contribution in [3.05, 3.63) is 87.2 Å². The Kier molecular flexibility index (Phi) is 5.65. The van der Waals surface area contributed by atoms with Gasteiger partial charge in [-0.15, -0.1) is 0 Å². The summed E-state index contributed by atoms with van der Waals surface area (Å²) in [7, 11) is 0. The number of hydrogen-bond donors (Lipinski definition) is 1. The van der Waals surface area contributed by atoms with E-state index in [2.05, 4.69) is 19.2 Å². The van der Waals surface area contributed by atoms with Crippen LogP contribution in [0.5, 0.6) is 5.75 Å². The van der Waals surface area contributed by atoms with Gasteiger partial charge >= 0.3 is 0 Å². The van der Waals surface area contributed by atoms with Crippen LogP contribution in [0.4, 0.5) is 0 Å². The van der Waals surface area contributed by atoms with Crippen molar-refractivity contribution in [3.63, 3.8) is 0 Å². The van der Waals surface area contributed by atoms with Crippen LogP contribution in [0.3, 0.4) is 0 Å². The number of carbonyl (C=O) groups excluding carboxylic acids is 2. The summed E-state index contributed by atoms with van der Waals surface area (Å²) in [6.07, 6.45) is 3.52. The molecule has 1 N–H and O–H groups in total. The zero-order valence-electron chi connectivity index (χ0n) is 19.0. The van der Waals surface area contributed by atoms with Crippen LogP contribution in [0.1, 0.15) is 63.0 Å². The Balaban J connectivity index is 1.52. The maximum absolute atomic E-state index is 13.4. The quantitative estimate of drug-likeness (QED) is 0.584. The Morgan fingerprint density at radius 3 is 2.58 bits per heavy atom. The number of carbonyl (C=O) groups is 2. The zero-order valence-corrected chi connectivity index (χ0v) is 19.8. The smallest absolute Gasteiger partial charge is 0.162 e. The van der Waals surface area contributed by atoms with Gasteiger partial charge in [-0.1, -0.05) is 49.7 Å². The zero-order chi connectivity index (χ0) is 23.2. The van der Waals surface area contributed by atoms with Crippen molar-refractivity contribution in [1.29, 1.82) is 0 Å². The van der Waals surface area contributed by atoms with E-state index < -0.39 is 0 Å². The minimum absolute atomic E-state index is 0.0911. The summed E-state index contributed by atoms with van der Waals surface area (Å²) in [4.78, 5) is 26.4. The Bertz CT molecular complexity index is 1210. The first kappa shape index (κ1) is 22.0. The van der Waals surface area contributed by atoms with Gasteiger partial charge in [0.1, 0.15) is 12.4 Å². The molecule has 0 saturated heterocycles. The van der Waals surface area contributed by atoms with Crippen molar-refractivity contribution in [3.8, 4) is 5.75 Å². The molecule has 1 heterocycles. The molecule has 170 valence electrons. The van der Waals surface area contributed by atoms with Gasteiger partial charge in [0, 0.05) is 46.3 Å². The Morgan fingerprint density at radius 1 is 0.970 bits per heavy atom. The van der Waals surface area contributed by atoms with Gasteiger partial charge < -0.3 is 10.1 Å².